The number of hydrogen-bond donors (Lipinski definition) is 1. The van der Waals surface area contributed by atoms with Crippen molar-refractivity contribution in [2.75, 3.05) is 26.2 Å². The van der Waals surface area contributed by atoms with Crippen LogP contribution in [0.1, 0.15) is 22.3 Å². The minimum absolute atomic E-state index is 0.0242. The summed E-state index contributed by atoms with van der Waals surface area (Å²) >= 11 is 11.9. The number of hydrogen-bond acceptors (Lipinski definition) is 3. The number of nitrogens with zero attached hydrogens (tertiary/aromatic N) is 2. The van der Waals surface area contributed by atoms with E-state index in [2.05, 4.69) is 0 Å². The van der Waals surface area contributed by atoms with Crippen molar-refractivity contribution in [1.29, 1.82) is 0 Å². The molecule has 1 N–H and O–H groups in total. The van der Waals surface area contributed by atoms with Gasteiger partial charge in [0.15, 0.2) is 0 Å². The molecule has 5 nitrogen and oxygen atoms in total. The maximum atomic E-state index is 12.6. The molecule has 2 amide bonds. The second-order valence-electron chi connectivity index (χ2n) is 6.46. The fourth-order valence-corrected chi connectivity index (χ4v) is 3.67. The summed E-state index contributed by atoms with van der Waals surface area (Å²) < 4.78 is 0. The monoisotopic (exact) mass is 406 g/mol. The Morgan fingerprint density at radius 1 is 0.926 bits per heavy atom. The van der Waals surface area contributed by atoms with Crippen LogP contribution in [0.3, 0.4) is 0 Å². The summed E-state index contributed by atoms with van der Waals surface area (Å²) in [5, 5.41) is 10.6. The molecule has 7 heteroatoms. The molecule has 142 valence electrons. The molecule has 0 aliphatic carbocycles. The number of phenolic OH excluding ortho intramolecular Hbond substituents is 1. The highest BCUT2D eigenvalue weighted by Crippen LogP contribution is 2.21. The van der Waals surface area contributed by atoms with Crippen LogP contribution < -0.4 is 0 Å². The fraction of sp³-hybridized carbons (Fsp3) is 0.300. The zero-order chi connectivity index (χ0) is 19.4. The molecule has 1 aliphatic rings. The molecule has 1 heterocycles. The average Bonchev–Trinajstić information content (AvgIpc) is 2.66. The molecule has 2 aromatic carbocycles. The van der Waals surface area contributed by atoms with Gasteiger partial charge in [0.05, 0.1) is 0 Å². The minimum Gasteiger partial charge on any atom is -0.508 e. The number of carbonyl (C=O) groups is 2. The van der Waals surface area contributed by atoms with E-state index in [0.29, 0.717) is 54.6 Å². The number of aryl methyl sites for hydroxylation is 1. The van der Waals surface area contributed by atoms with Crippen LogP contribution in [0.4, 0.5) is 0 Å². The molecule has 2 aromatic rings. The van der Waals surface area contributed by atoms with Gasteiger partial charge in [0.2, 0.25) is 5.91 Å². The zero-order valence-corrected chi connectivity index (χ0v) is 16.2. The summed E-state index contributed by atoms with van der Waals surface area (Å²) in [7, 11) is 0. The number of rotatable bonds is 4. The quantitative estimate of drug-likeness (QED) is 0.843. The summed E-state index contributed by atoms with van der Waals surface area (Å²) in [4.78, 5) is 28.5. The first-order chi connectivity index (χ1) is 12.9. The van der Waals surface area contributed by atoms with E-state index in [0.717, 1.165) is 5.56 Å². The summed E-state index contributed by atoms with van der Waals surface area (Å²) in [5.74, 6) is 0.0951. The largest absolute Gasteiger partial charge is 0.508 e. The van der Waals surface area contributed by atoms with E-state index in [1.807, 2.05) is 12.1 Å². The van der Waals surface area contributed by atoms with Gasteiger partial charge in [-0.05, 0) is 36.2 Å². The Hall–Kier alpha value is -2.24. The SMILES string of the molecule is O=C(CCc1ccccc1O)N1CCN(C(=O)c2cc(Cl)cc(Cl)c2)CC1. The molecule has 0 radical (unpaired) electrons. The maximum absolute atomic E-state index is 12.6. The van der Waals surface area contributed by atoms with Crippen molar-refractivity contribution >= 4 is 35.0 Å². The summed E-state index contributed by atoms with van der Waals surface area (Å²) in [6.45, 7) is 1.90. The lowest BCUT2D eigenvalue weighted by Gasteiger charge is -2.35. The number of carbonyl (C=O) groups excluding carboxylic acids is 2. The van der Waals surface area contributed by atoms with Crippen LogP contribution in [-0.4, -0.2) is 52.9 Å². The molecule has 1 saturated heterocycles. The smallest absolute Gasteiger partial charge is 0.254 e. The normalized spacial score (nSPS) is 14.3. The van der Waals surface area contributed by atoms with Gasteiger partial charge in [-0.1, -0.05) is 41.4 Å². The number of halogens is 2. The fourth-order valence-electron chi connectivity index (χ4n) is 3.14. The Balaban J connectivity index is 1.53. The third kappa shape index (κ3) is 4.93. The predicted octanol–water partition coefficient (Wildman–Crippen LogP) is 3.62. The number of amides is 2. The Bertz CT molecular complexity index is 829. The van der Waals surface area contributed by atoms with Crippen LogP contribution in [-0.2, 0) is 11.2 Å². The van der Waals surface area contributed by atoms with E-state index in [9.17, 15) is 14.7 Å². The van der Waals surface area contributed by atoms with Crippen LogP contribution in [0.15, 0.2) is 42.5 Å². The van der Waals surface area contributed by atoms with Gasteiger partial charge in [0.25, 0.3) is 5.91 Å². The van der Waals surface area contributed by atoms with Crippen LogP contribution in [0.25, 0.3) is 0 Å². The molecular formula is C20H20Cl2N2O3. The molecule has 0 aromatic heterocycles. The molecule has 0 unspecified atom stereocenters. The van der Waals surface area contributed by atoms with Crippen molar-refractivity contribution in [3.05, 3.63) is 63.6 Å². The lowest BCUT2D eigenvalue weighted by Crippen LogP contribution is -2.50. The first-order valence-electron chi connectivity index (χ1n) is 8.74. The molecule has 1 fully saturated rings. The first kappa shape index (κ1) is 19.5. The van der Waals surface area contributed by atoms with Gasteiger partial charge < -0.3 is 14.9 Å². The highest BCUT2D eigenvalue weighted by atomic mass is 35.5. The Kier molecular flexibility index (Phi) is 6.24. The Labute approximate surface area is 168 Å². The van der Waals surface area contributed by atoms with Crippen LogP contribution in [0.2, 0.25) is 10.0 Å². The van der Waals surface area contributed by atoms with Crippen molar-refractivity contribution in [2.24, 2.45) is 0 Å². The van der Waals surface area contributed by atoms with Crippen molar-refractivity contribution in [3.63, 3.8) is 0 Å². The van der Waals surface area contributed by atoms with E-state index >= 15 is 0 Å². The van der Waals surface area contributed by atoms with E-state index in [1.165, 1.54) is 0 Å². The molecule has 1 aliphatic heterocycles. The second kappa shape index (κ2) is 8.63. The van der Waals surface area contributed by atoms with Gasteiger partial charge in [-0.2, -0.15) is 0 Å². The standard InChI is InChI=1S/C20H20Cl2N2O3/c21-16-11-15(12-17(22)13-16)20(27)24-9-7-23(8-10-24)19(26)6-5-14-3-1-2-4-18(14)25/h1-4,11-13,25H,5-10H2. The number of para-hydroxylation sites is 1. The molecular weight excluding hydrogens is 387 g/mol. The van der Waals surface area contributed by atoms with Gasteiger partial charge in [-0.3, -0.25) is 9.59 Å². The van der Waals surface area contributed by atoms with E-state index in [-0.39, 0.29) is 17.6 Å². The second-order valence-corrected chi connectivity index (χ2v) is 7.33. The van der Waals surface area contributed by atoms with E-state index < -0.39 is 0 Å². The number of phenols is 1. The highest BCUT2D eigenvalue weighted by molar-refractivity contribution is 6.35. The average molecular weight is 407 g/mol. The zero-order valence-electron chi connectivity index (χ0n) is 14.7. The van der Waals surface area contributed by atoms with Gasteiger partial charge >= 0.3 is 0 Å². The predicted molar refractivity (Wildman–Crippen MR) is 105 cm³/mol. The third-order valence-corrected chi connectivity index (χ3v) is 5.07. The van der Waals surface area contributed by atoms with Crippen LogP contribution in [0.5, 0.6) is 5.75 Å². The minimum atomic E-state index is -0.138. The van der Waals surface area contributed by atoms with Crippen LogP contribution >= 0.6 is 23.2 Å². The lowest BCUT2D eigenvalue weighted by molar-refractivity contribution is -0.132. The summed E-state index contributed by atoms with van der Waals surface area (Å²) in [6.07, 6.45) is 0.821. The summed E-state index contributed by atoms with van der Waals surface area (Å²) in [5.41, 5.74) is 1.21. The Morgan fingerprint density at radius 2 is 1.52 bits per heavy atom. The lowest BCUT2D eigenvalue weighted by atomic mass is 10.1. The Morgan fingerprint density at radius 3 is 2.15 bits per heavy atom. The molecule has 0 bridgehead atoms. The highest BCUT2D eigenvalue weighted by Gasteiger charge is 2.25. The maximum Gasteiger partial charge on any atom is 0.254 e. The van der Waals surface area contributed by atoms with Crippen molar-refractivity contribution < 1.29 is 14.7 Å². The van der Waals surface area contributed by atoms with E-state index in [4.69, 9.17) is 23.2 Å². The number of piperazine rings is 1. The van der Waals surface area contributed by atoms with Gasteiger partial charge in [-0.25, -0.2) is 0 Å². The van der Waals surface area contributed by atoms with Gasteiger partial charge in [0.1, 0.15) is 5.75 Å². The third-order valence-electron chi connectivity index (χ3n) is 4.63. The molecule has 0 saturated carbocycles. The molecule has 27 heavy (non-hydrogen) atoms. The topological polar surface area (TPSA) is 60.9 Å². The molecule has 0 atom stereocenters. The van der Waals surface area contributed by atoms with E-state index in [1.54, 1.807) is 40.1 Å². The molecule has 3 rings (SSSR count). The molecule has 0 spiro atoms. The first-order valence-corrected chi connectivity index (χ1v) is 9.49. The number of benzene rings is 2. The van der Waals surface area contributed by atoms with Crippen molar-refractivity contribution in [1.82, 2.24) is 9.80 Å². The van der Waals surface area contributed by atoms with Crippen molar-refractivity contribution in [3.8, 4) is 5.75 Å². The number of aromatic hydroxyl groups is 1. The van der Waals surface area contributed by atoms with Crippen molar-refractivity contribution in [2.45, 2.75) is 12.8 Å². The van der Waals surface area contributed by atoms with Gasteiger partial charge in [-0.15, -0.1) is 0 Å². The summed E-state index contributed by atoms with van der Waals surface area (Å²) in [6, 6.07) is 11.8. The van der Waals surface area contributed by atoms with Gasteiger partial charge in [0, 0.05) is 48.2 Å². The van der Waals surface area contributed by atoms with Crippen LogP contribution in [0, 0.1) is 0 Å².